The van der Waals surface area contributed by atoms with E-state index in [9.17, 15) is 0 Å². The predicted molar refractivity (Wildman–Crippen MR) is 77.2 cm³/mol. The molecule has 0 aliphatic carbocycles. The van der Waals surface area contributed by atoms with Gasteiger partial charge < -0.3 is 4.74 Å². The zero-order chi connectivity index (χ0) is 14.0. The zero-order valence-electron chi connectivity index (χ0n) is 13.7. The summed E-state index contributed by atoms with van der Waals surface area (Å²) < 4.78 is 6.47. The van der Waals surface area contributed by atoms with E-state index in [1.54, 1.807) is 0 Å². The van der Waals surface area contributed by atoms with Crippen molar-refractivity contribution in [1.82, 2.24) is 0 Å². The van der Waals surface area contributed by atoms with E-state index >= 15 is 0 Å². The summed E-state index contributed by atoms with van der Waals surface area (Å²) in [5.41, 5.74) is -0.137. The summed E-state index contributed by atoms with van der Waals surface area (Å²) in [5.74, 6) is 2.41. The second kappa shape index (κ2) is 5.73. The maximum atomic E-state index is 6.47. The van der Waals surface area contributed by atoms with Gasteiger partial charge in [-0.25, -0.2) is 0 Å². The van der Waals surface area contributed by atoms with Gasteiger partial charge in [0.25, 0.3) is 0 Å². The van der Waals surface area contributed by atoms with Gasteiger partial charge in [0.15, 0.2) is 0 Å². The van der Waals surface area contributed by atoms with Gasteiger partial charge in [-0.15, -0.1) is 0 Å². The summed E-state index contributed by atoms with van der Waals surface area (Å²) in [6, 6.07) is 0. The van der Waals surface area contributed by atoms with E-state index in [1.807, 2.05) is 0 Å². The zero-order valence-corrected chi connectivity index (χ0v) is 13.7. The van der Waals surface area contributed by atoms with Crippen molar-refractivity contribution in [2.24, 2.45) is 23.7 Å². The number of hydrogen-bond acceptors (Lipinski definition) is 1. The van der Waals surface area contributed by atoms with Crippen molar-refractivity contribution in [3.8, 4) is 0 Å². The van der Waals surface area contributed by atoms with Gasteiger partial charge in [-0.1, -0.05) is 41.5 Å². The summed E-state index contributed by atoms with van der Waals surface area (Å²) in [6.45, 7) is 22.6. The van der Waals surface area contributed by atoms with E-state index in [0.717, 1.165) is 0 Å². The molecule has 0 bridgehead atoms. The Morgan fingerprint density at radius 1 is 0.588 bits per heavy atom. The molecule has 0 amide bonds. The maximum Gasteiger partial charge on any atom is 0.0661 e. The first kappa shape index (κ1) is 17.0. The third kappa shape index (κ3) is 4.62. The molecule has 0 heterocycles. The molecule has 1 heteroatoms. The van der Waals surface area contributed by atoms with Gasteiger partial charge in [0, 0.05) is 0 Å². The Balaban J connectivity index is 4.81. The van der Waals surface area contributed by atoms with Crippen LogP contribution in [0.1, 0.15) is 69.2 Å². The van der Waals surface area contributed by atoms with E-state index in [1.165, 1.54) is 0 Å². The highest BCUT2D eigenvalue weighted by Crippen LogP contribution is 2.36. The Morgan fingerprint density at radius 3 is 1.00 bits per heavy atom. The molecule has 0 N–H and O–H groups in total. The summed E-state index contributed by atoms with van der Waals surface area (Å²) in [5, 5.41) is 0. The number of hydrogen-bond donors (Lipinski definition) is 0. The molecule has 0 aromatic rings. The second-order valence-corrected chi connectivity index (χ2v) is 7.37. The van der Waals surface area contributed by atoms with Gasteiger partial charge in [0.05, 0.1) is 11.2 Å². The van der Waals surface area contributed by atoms with Crippen molar-refractivity contribution in [3.05, 3.63) is 0 Å². The fourth-order valence-electron chi connectivity index (χ4n) is 2.47. The fraction of sp³-hybridized carbons (Fsp3) is 1.00. The molecular weight excluding hydrogens is 208 g/mol. The van der Waals surface area contributed by atoms with Crippen molar-refractivity contribution in [3.63, 3.8) is 0 Å². The predicted octanol–water partition coefficient (Wildman–Crippen LogP) is 5.14. The lowest BCUT2D eigenvalue weighted by molar-refractivity contribution is -0.179. The molecule has 1 nitrogen and oxygen atoms in total. The smallest absolute Gasteiger partial charge is 0.0661 e. The van der Waals surface area contributed by atoms with Crippen molar-refractivity contribution >= 4 is 0 Å². The van der Waals surface area contributed by atoms with Gasteiger partial charge in [-0.05, 0) is 51.4 Å². The molecule has 17 heavy (non-hydrogen) atoms. The lowest BCUT2D eigenvalue weighted by Crippen LogP contribution is -2.47. The maximum absolute atomic E-state index is 6.47. The van der Waals surface area contributed by atoms with Gasteiger partial charge in [0.1, 0.15) is 0 Å². The minimum Gasteiger partial charge on any atom is -0.369 e. The molecule has 104 valence electrons. The molecule has 2 atom stereocenters. The third-order valence-corrected chi connectivity index (χ3v) is 4.72. The Morgan fingerprint density at radius 2 is 0.824 bits per heavy atom. The van der Waals surface area contributed by atoms with Crippen molar-refractivity contribution in [1.29, 1.82) is 0 Å². The first-order chi connectivity index (χ1) is 7.42. The van der Waals surface area contributed by atoms with Crippen LogP contribution in [0.5, 0.6) is 0 Å². The largest absolute Gasteiger partial charge is 0.369 e. The first-order valence-electron chi connectivity index (χ1n) is 7.12. The molecule has 0 spiro atoms. The molecule has 2 unspecified atom stereocenters. The summed E-state index contributed by atoms with van der Waals surface area (Å²) >= 11 is 0. The Labute approximate surface area is 109 Å². The lowest BCUT2D eigenvalue weighted by atomic mass is 9.79. The van der Waals surface area contributed by atoms with Crippen molar-refractivity contribution < 1.29 is 4.74 Å². The monoisotopic (exact) mass is 242 g/mol. The van der Waals surface area contributed by atoms with Gasteiger partial charge in [0.2, 0.25) is 0 Å². The van der Waals surface area contributed by atoms with Crippen LogP contribution in [0.2, 0.25) is 0 Å². The minimum atomic E-state index is -0.0686. The van der Waals surface area contributed by atoms with Crippen LogP contribution in [-0.4, -0.2) is 11.2 Å². The molecule has 0 fully saturated rings. The van der Waals surface area contributed by atoms with Crippen LogP contribution in [0.3, 0.4) is 0 Å². The van der Waals surface area contributed by atoms with Crippen LogP contribution in [0, 0.1) is 23.7 Å². The third-order valence-electron chi connectivity index (χ3n) is 4.72. The van der Waals surface area contributed by atoms with Crippen molar-refractivity contribution in [2.45, 2.75) is 80.4 Å². The average molecular weight is 242 g/mol. The molecule has 0 saturated heterocycles. The molecular formula is C16H34O. The van der Waals surface area contributed by atoms with Crippen LogP contribution < -0.4 is 0 Å². The fourth-order valence-corrected chi connectivity index (χ4v) is 2.47. The van der Waals surface area contributed by atoms with Gasteiger partial charge >= 0.3 is 0 Å². The van der Waals surface area contributed by atoms with Gasteiger partial charge in [-0.3, -0.25) is 0 Å². The molecule has 0 aromatic heterocycles. The molecule has 0 aliphatic heterocycles. The summed E-state index contributed by atoms with van der Waals surface area (Å²) in [4.78, 5) is 0. The molecule has 0 aromatic carbocycles. The Kier molecular flexibility index (Phi) is 5.72. The minimum absolute atomic E-state index is 0.0686. The van der Waals surface area contributed by atoms with Gasteiger partial charge in [-0.2, -0.15) is 0 Å². The van der Waals surface area contributed by atoms with Crippen LogP contribution in [0.25, 0.3) is 0 Å². The second-order valence-electron chi connectivity index (χ2n) is 7.37. The number of rotatable bonds is 6. The topological polar surface area (TPSA) is 9.23 Å². The highest BCUT2D eigenvalue weighted by molar-refractivity contribution is 4.86. The van der Waals surface area contributed by atoms with Crippen molar-refractivity contribution in [2.75, 3.05) is 0 Å². The quantitative estimate of drug-likeness (QED) is 0.626. The summed E-state index contributed by atoms with van der Waals surface area (Å²) in [7, 11) is 0. The first-order valence-corrected chi connectivity index (χ1v) is 7.12. The lowest BCUT2D eigenvalue weighted by Gasteiger charge is -2.45. The number of ether oxygens (including phenoxy) is 1. The molecule has 0 saturated carbocycles. The molecule has 0 radical (unpaired) electrons. The van der Waals surface area contributed by atoms with Crippen LogP contribution in [0.4, 0.5) is 0 Å². The van der Waals surface area contributed by atoms with E-state index in [-0.39, 0.29) is 11.2 Å². The van der Waals surface area contributed by atoms with E-state index in [4.69, 9.17) is 4.74 Å². The van der Waals surface area contributed by atoms with E-state index < -0.39 is 0 Å². The van der Waals surface area contributed by atoms with Crippen LogP contribution >= 0.6 is 0 Å². The summed E-state index contributed by atoms with van der Waals surface area (Å²) in [6.07, 6.45) is 0. The van der Waals surface area contributed by atoms with Crippen LogP contribution in [0.15, 0.2) is 0 Å². The van der Waals surface area contributed by atoms with E-state index in [2.05, 4.69) is 69.2 Å². The molecule has 0 aliphatic rings. The Hall–Kier alpha value is -0.0400. The SMILES string of the molecule is CC(C)C(C)C(C)(C)OC(C)(C)C(C)C(C)C. The van der Waals surface area contributed by atoms with Crippen LogP contribution in [-0.2, 0) is 4.74 Å². The Bertz CT molecular complexity index is 202. The van der Waals surface area contributed by atoms with E-state index in [0.29, 0.717) is 23.7 Å². The standard InChI is InChI=1S/C16H34O/c1-11(2)13(5)15(7,8)17-16(9,10)14(6)12(3)4/h11-14H,1-10H3. The highest BCUT2D eigenvalue weighted by atomic mass is 16.5. The normalized spacial score (nSPS) is 17.6. The highest BCUT2D eigenvalue weighted by Gasteiger charge is 2.38. The molecule has 0 rings (SSSR count). The average Bonchev–Trinajstić information content (AvgIpc) is 2.13.